The number of halogens is 1. The number of carbonyl (C=O) groups is 1. The maximum atomic E-state index is 14.8. The van der Waals surface area contributed by atoms with E-state index in [4.69, 9.17) is 0 Å². The average Bonchev–Trinajstić information content (AvgIpc) is 3.41. The van der Waals surface area contributed by atoms with Crippen LogP contribution in [0.5, 0.6) is 0 Å². The third-order valence-electron chi connectivity index (χ3n) is 6.52. The van der Waals surface area contributed by atoms with Gasteiger partial charge in [-0.3, -0.25) is 4.79 Å². The summed E-state index contributed by atoms with van der Waals surface area (Å²) in [5.41, 5.74) is 4.49. The first kappa shape index (κ1) is 20.7. The highest BCUT2D eigenvalue weighted by atomic mass is 19.1. The van der Waals surface area contributed by atoms with Gasteiger partial charge in [0, 0.05) is 12.1 Å². The summed E-state index contributed by atoms with van der Waals surface area (Å²) in [4.78, 5) is 22.0. The minimum atomic E-state index is -0.581. The monoisotopic (exact) mass is 457 g/mol. The van der Waals surface area contributed by atoms with E-state index in [0.29, 0.717) is 17.6 Å². The van der Waals surface area contributed by atoms with Crippen molar-refractivity contribution in [2.24, 2.45) is 0 Å². The van der Waals surface area contributed by atoms with E-state index in [1.807, 2.05) is 23.8 Å². The molecule has 8 nitrogen and oxygen atoms in total. The molecule has 9 heteroatoms. The summed E-state index contributed by atoms with van der Waals surface area (Å²) in [6.45, 7) is 1.82. The fourth-order valence-electron chi connectivity index (χ4n) is 4.51. The predicted octanol–water partition coefficient (Wildman–Crippen LogP) is 4.30. The van der Waals surface area contributed by atoms with Gasteiger partial charge in [0.1, 0.15) is 11.6 Å². The van der Waals surface area contributed by atoms with Crippen LogP contribution in [-0.2, 0) is 12.8 Å². The second-order valence-corrected chi connectivity index (χ2v) is 9.04. The first-order valence-corrected chi connectivity index (χ1v) is 11.6. The number of pyridine rings is 1. The predicted molar refractivity (Wildman–Crippen MR) is 124 cm³/mol. The molecule has 0 spiro atoms. The van der Waals surface area contributed by atoms with E-state index in [9.17, 15) is 9.18 Å². The quantitative estimate of drug-likeness (QED) is 0.482. The SMILES string of the molecule is Cc1cc(F)c(C(=O)Nc2cccc(-n3nnc4c3CCCC4)n2)cc1-n1cnc(C2CC2)c1. The summed E-state index contributed by atoms with van der Waals surface area (Å²) in [6, 6.07) is 8.23. The van der Waals surface area contributed by atoms with Gasteiger partial charge in [-0.15, -0.1) is 5.10 Å². The number of aryl methyl sites for hydroxylation is 2. The zero-order valence-corrected chi connectivity index (χ0v) is 18.8. The summed E-state index contributed by atoms with van der Waals surface area (Å²) in [7, 11) is 0. The van der Waals surface area contributed by atoms with Gasteiger partial charge < -0.3 is 9.88 Å². The van der Waals surface area contributed by atoms with Crippen LogP contribution in [0.4, 0.5) is 10.2 Å². The molecule has 2 aliphatic carbocycles. The Kier molecular flexibility index (Phi) is 4.97. The molecule has 1 amide bonds. The molecule has 1 N–H and O–H groups in total. The third kappa shape index (κ3) is 3.76. The van der Waals surface area contributed by atoms with E-state index in [1.165, 1.54) is 6.07 Å². The maximum Gasteiger partial charge on any atom is 0.259 e. The van der Waals surface area contributed by atoms with Crippen LogP contribution in [0.15, 0.2) is 42.9 Å². The summed E-state index contributed by atoms with van der Waals surface area (Å²) in [5, 5.41) is 11.3. The molecular formula is C25H24FN7O. The van der Waals surface area contributed by atoms with Crippen LogP contribution in [0, 0.1) is 12.7 Å². The highest BCUT2D eigenvalue weighted by molar-refractivity contribution is 6.04. The number of nitrogens with zero attached hydrogens (tertiary/aromatic N) is 6. The second-order valence-electron chi connectivity index (χ2n) is 9.04. The molecule has 0 radical (unpaired) electrons. The van der Waals surface area contributed by atoms with Gasteiger partial charge in [-0.25, -0.2) is 14.4 Å². The van der Waals surface area contributed by atoms with Crippen LogP contribution in [0.3, 0.4) is 0 Å². The molecule has 2 aliphatic rings. The summed E-state index contributed by atoms with van der Waals surface area (Å²) >= 11 is 0. The van der Waals surface area contributed by atoms with E-state index < -0.39 is 11.7 Å². The number of fused-ring (bicyclic) bond motifs is 1. The van der Waals surface area contributed by atoms with E-state index in [1.54, 1.807) is 29.2 Å². The molecular weight excluding hydrogens is 433 g/mol. The largest absolute Gasteiger partial charge is 0.306 e. The van der Waals surface area contributed by atoms with Crippen LogP contribution in [-0.4, -0.2) is 35.4 Å². The van der Waals surface area contributed by atoms with E-state index in [2.05, 4.69) is 25.6 Å². The highest BCUT2D eigenvalue weighted by Crippen LogP contribution is 2.39. The molecule has 0 bridgehead atoms. The minimum Gasteiger partial charge on any atom is -0.306 e. The van der Waals surface area contributed by atoms with Gasteiger partial charge in [0.05, 0.1) is 34.7 Å². The van der Waals surface area contributed by atoms with Crippen LogP contribution < -0.4 is 5.32 Å². The number of benzene rings is 1. The number of hydrogen-bond donors (Lipinski definition) is 1. The number of aromatic nitrogens is 6. The molecule has 1 aromatic carbocycles. The molecule has 3 heterocycles. The Balaban J connectivity index is 1.27. The molecule has 4 aromatic rings. The smallest absolute Gasteiger partial charge is 0.259 e. The first-order valence-electron chi connectivity index (χ1n) is 11.6. The molecule has 0 aliphatic heterocycles. The fraction of sp³-hybridized carbons (Fsp3) is 0.320. The summed E-state index contributed by atoms with van der Waals surface area (Å²) < 4.78 is 18.4. The van der Waals surface area contributed by atoms with Crippen molar-refractivity contribution in [1.29, 1.82) is 0 Å². The number of anilines is 1. The van der Waals surface area contributed by atoms with Crippen molar-refractivity contribution in [3.05, 3.63) is 76.9 Å². The Morgan fingerprint density at radius 3 is 2.88 bits per heavy atom. The second kappa shape index (κ2) is 8.16. The van der Waals surface area contributed by atoms with Gasteiger partial charge in [0.2, 0.25) is 0 Å². The Morgan fingerprint density at radius 2 is 2.03 bits per heavy atom. The normalized spacial score (nSPS) is 15.2. The van der Waals surface area contributed by atoms with Crippen molar-refractivity contribution in [3.8, 4) is 11.5 Å². The number of imidazole rings is 1. The zero-order chi connectivity index (χ0) is 23.2. The summed E-state index contributed by atoms with van der Waals surface area (Å²) in [6.07, 6.45) is 10.00. The van der Waals surface area contributed by atoms with Crippen molar-refractivity contribution in [3.63, 3.8) is 0 Å². The molecule has 172 valence electrons. The zero-order valence-electron chi connectivity index (χ0n) is 18.8. The molecule has 6 rings (SSSR count). The molecule has 0 unspecified atom stereocenters. The van der Waals surface area contributed by atoms with Gasteiger partial charge >= 0.3 is 0 Å². The number of hydrogen-bond acceptors (Lipinski definition) is 5. The van der Waals surface area contributed by atoms with Crippen LogP contribution >= 0.6 is 0 Å². The van der Waals surface area contributed by atoms with Crippen molar-refractivity contribution < 1.29 is 9.18 Å². The minimum absolute atomic E-state index is 0.0485. The number of rotatable bonds is 5. The Hall–Kier alpha value is -3.88. The molecule has 1 fully saturated rings. The number of nitrogens with one attached hydrogen (secondary N) is 1. The lowest BCUT2D eigenvalue weighted by Gasteiger charge is -2.13. The molecule has 1 saturated carbocycles. The maximum absolute atomic E-state index is 14.8. The first-order chi connectivity index (χ1) is 16.6. The standard InChI is InChI=1S/C25H24FN7O/c1-15-11-18(26)17(12-22(15)32-13-20(27-14-32)16-9-10-16)25(34)29-23-7-4-8-24(28-23)33-21-6-3-2-5-19(21)30-31-33/h4,7-8,11-14,16H,2-3,5-6,9-10H2,1H3,(H,28,29,34). The lowest BCUT2D eigenvalue weighted by Crippen LogP contribution is -2.17. The van der Waals surface area contributed by atoms with Crippen LogP contribution in [0.1, 0.15) is 64.6 Å². The topological polar surface area (TPSA) is 90.5 Å². The van der Waals surface area contributed by atoms with Gasteiger partial charge in [-0.05, 0) is 75.3 Å². The van der Waals surface area contributed by atoms with Gasteiger partial charge in [0.15, 0.2) is 5.82 Å². The molecule has 34 heavy (non-hydrogen) atoms. The van der Waals surface area contributed by atoms with Crippen LogP contribution in [0.2, 0.25) is 0 Å². The number of carbonyl (C=O) groups excluding carboxylic acids is 1. The van der Waals surface area contributed by atoms with Crippen molar-refractivity contribution in [2.75, 3.05) is 5.32 Å². The third-order valence-corrected chi connectivity index (χ3v) is 6.52. The Bertz CT molecular complexity index is 1400. The van der Waals surface area contributed by atoms with Crippen molar-refractivity contribution >= 4 is 11.7 Å². The molecule has 3 aromatic heterocycles. The Morgan fingerprint density at radius 1 is 1.18 bits per heavy atom. The van der Waals surface area contributed by atoms with E-state index in [-0.39, 0.29) is 5.56 Å². The fourth-order valence-corrected chi connectivity index (χ4v) is 4.51. The molecule has 0 atom stereocenters. The van der Waals surface area contributed by atoms with Gasteiger partial charge in [-0.2, -0.15) is 4.68 Å². The highest BCUT2D eigenvalue weighted by Gasteiger charge is 2.26. The van der Waals surface area contributed by atoms with E-state index >= 15 is 0 Å². The van der Waals surface area contributed by atoms with Crippen LogP contribution in [0.25, 0.3) is 11.5 Å². The Labute approximate surface area is 195 Å². The lowest BCUT2D eigenvalue weighted by atomic mass is 10.0. The summed E-state index contributed by atoms with van der Waals surface area (Å²) in [5.74, 6) is 0.264. The lowest BCUT2D eigenvalue weighted by molar-refractivity contribution is 0.102. The van der Waals surface area contributed by atoms with Crippen molar-refractivity contribution in [2.45, 2.75) is 51.4 Å². The average molecular weight is 458 g/mol. The van der Waals surface area contributed by atoms with Crippen molar-refractivity contribution in [1.82, 2.24) is 29.5 Å². The van der Waals surface area contributed by atoms with Gasteiger partial charge in [-0.1, -0.05) is 11.3 Å². The van der Waals surface area contributed by atoms with E-state index in [0.717, 1.165) is 66.9 Å². The van der Waals surface area contributed by atoms with Gasteiger partial charge in [0.25, 0.3) is 5.91 Å². The number of amides is 1. The molecule has 0 saturated heterocycles.